The van der Waals surface area contributed by atoms with Gasteiger partial charge in [-0.3, -0.25) is 4.90 Å². The predicted octanol–water partition coefficient (Wildman–Crippen LogP) is 2.13. The Bertz CT molecular complexity index is 144. The fourth-order valence-corrected chi connectivity index (χ4v) is 2.73. The van der Waals surface area contributed by atoms with Crippen LogP contribution >= 0.6 is 0 Å². The summed E-state index contributed by atoms with van der Waals surface area (Å²) in [5, 5.41) is 0. The molecule has 0 radical (unpaired) electrons. The van der Waals surface area contributed by atoms with Crippen molar-refractivity contribution in [3.05, 3.63) is 0 Å². The van der Waals surface area contributed by atoms with Crippen molar-refractivity contribution in [3.8, 4) is 0 Å². The maximum atomic E-state index is 2.71. The second-order valence-electron chi connectivity index (χ2n) is 4.51. The molecule has 64 valence electrons. The quantitative estimate of drug-likeness (QED) is 0.515. The van der Waals surface area contributed by atoms with E-state index in [-0.39, 0.29) is 0 Å². The molecule has 2 aliphatic heterocycles. The van der Waals surface area contributed by atoms with Crippen LogP contribution in [0.15, 0.2) is 0 Å². The van der Waals surface area contributed by atoms with Gasteiger partial charge in [-0.1, -0.05) is 13.8 Å². The molecule has 0 bridgehead atoms. The molecule has 0 amide bonds. The Balaban J connectivity index is 2.00. The topological polar surface area (TPSA) is 3.24 Å². The Hall–Kier alpha value is -0.0400. The van der Waals surface area contributed by atoms with E-state index in [9.17, 15) is 0 Å². The number of nitrogens with zero attached hydrogens (tertiary/aromatic N) is 1. The summed E-state index contributed by atoms with van der Waals surface area (Å²) in [6.07, 6.45) is 4.37. The lowest BCUT2D eigenvalue weighted by atomic mass is 9.90. The summed E-state index contributed by atoms with van der Waals surface area (Å²) >= 11 is 0. The van der Waals surface area contributed by atoms with Gasteiger partial charge in [-0.2, -0.15) is 0 Å². The standard InChI is InChI=1S/C10H19N/c1-8-3-4-10-9(2)5-6-11(10)7-8/h8-10H,3-7H2,1-2H3. The highest BCUT2D eigenvalue weighted by Crippen LogP contribution is 2.33. The monoisotopic (exact) mass is 153 g/mol. The van der Waals surface area contributed by atoms with Gasteiger partial charge in [0.2, 0.25) is 0 Å². The number of hydrogen-bond acceptors (Lipinski definition) is 1. The van der Waals surface area contributed by atoms with Crippen LogP contribution in [-0.4, -0.2) is 24.0 Å². The molecule has 0 aliphatic carbocycles. The van der Waals surface area contributed by atoms with Crippen LogP contribution in [0.1, 0.15) is 33.1 Å². The first-order chi connectivity index (χ1) is 5.27. The van der Waals surface area contributed by atoms with Crippen LogP contribution < -0.4 is 0 Å². The molecule has 0 N–H and O–H groups in total. The molecule has 2 aliphatic rings. The highest BCUT2D eigenvalue weighted by atomic mass is 15.2. The van der Waals surface area contributed by atoms with Crippen molar-refractivity contribution in [1.82, 2.24) is 4.90 Å². The smallest absolute Gasteiger partial charge is 0.0122 e. The first-order valence-electron chi connectivity index (χ1n) is 5.01. The molecular weight excluding hydrogens is 134 g/mol. The summed E-state index contributed by atoms with van der Waals surface area (Å²) in [5.74, 6) is 1.93. The van der Waals surface area contributed by atoms with E-state index in [2.05, 4.69) is 18.7 Å². The Kier molecular flexibility index (Phi) is 1.92. The van der Waals surface area contributed by atoms with Crippen LogP contribution in [0.2, 0.25) is 0 Å². The van der Waals surface area contributed by atoms with Gasteiger partial charge in [0, 0.05) is 12.6 Å². The molecule has 2 heterocycles. The zero-order chi connectivity index (χ0) is 7.84. The zero-order valence-electron chi connectivity index (χ0n) is 7.71. The van der Waals surface area contributed by atoms with Crippen molar-refractivity contribution in [2.24, 2.45) is 11.8 Å². The molecule has 0 aromatic rings. The molecule has 0 aromatic carbocycles. The summed E-state index contributed by atoms with van der Waals surface area (Å²) in [7, 11) is 0. The van der Waals surface area contributed by atoms with Gasteiger partial charge < -0.3 is 0 Å². The van der Waals surface area contributed by atoms with E-state index in [1.807, 2.05) is 0 Å². The van der Waals surface area contributed by atoms with E-state index in [0.29, 0.717) is 0 Å². The number of piperidine rings is 1. The minimum absolute atomic E-state index is 0.950. The van der Waals surface area contributed by atoms with Crippen molar-refractivity contribution in [2.45, 2.75) is 39.2 Å². The van der Waals surface area contributed by atoms with Gasteiger partial charge in [0.05, 0.1) is 0 Å². The zero-order valence-corrected chi connectivity index (χ0v) is 7.71. The summed E-state index contributed by atoms with van der Waals surface area (Å²) in [6.45, 7) is 7.55. The van der Waals surface area contributed by atoms with E-state index in [1.54, 1.807) is 0 Å². The Morgan fingerprint density at radius 2 is 1.91 bits per heavy atom. The summed E-state index contributed by atoms with van der Waals surface area (Å²) in [5.41, 5.74) is 0. The third-order valence-corrected chi connectivity index (χ3v) is 3.50. The van der Waals surface area contributed by atoms with Gasteiger partial charge in [0.25, 0.3) is 0 Å². The second-order valence-corrected chi connectivity index (χ2v) is 4.51. The normalized spacial score (nSPS) is 45.8. The first-order valence-corrected chi connectivity index (χ1v) is 5.01. The van der Waals surface area contributed by atoms with E-state index < -0.39 is 0 Å². The van der Waals surface area contributed by atoms with Gasteiger partial charge in [-0.25, -0.2) is 0 Å². The highest BCUT2D eigenvalue weighted by molar-refractivity contribution is 4.88. The van der Waals surface area contributed by atoms with Crippen LogP contribution in [0.4, 0.5) is 0 Å². The predicted molar refractivity (Wildman–Crippen MR) is 47.5 cm³/mol. The largest absolute Gasteiger partial charge is 0.300 e. The molecule has 0 saturated carbocycles. The molecule has 3 unspecified atom stereocenters. The lowest BCUT2D eigenvalue weighted by Crippen LogP contribution is -2.39. The molecule has 0 spiro atoms. The molecule has 0 aromatic heterocycles. The van der Waals surface area contributed by atoms with Crippen molar-refractivity contribution in [1.29, 1.82) is 0 Å². The third-order valence-electron chi connectivity index (χ3n) is 3.50. The SMILES string of the molecule is CC1CCC2C(C)CCN2C1. The maximum absolute atomic E-state index is 2.71. The summed E-state index contributed by atoms with van der Waals surface area (Å²) in [6, 6.07) is 0.950. The molecular formula is C10H19N. The van der Waals surface area contributed by atoms with Crippen molar-refractivity contribution in [2.75, 3.05) is 13.1 Å². The number of rotatable bonds is 0. The Morgan fingerprint density at radius 3 is 2.73 bits per heavy atom. The van der Waals surface area contributed by atoms with Crippen molar-refractivity contribution >= 4 is 0 Å². The molecule has 1 heteroatoms. The van der Waals surface area contributed by atoms with Gasteiger partial charge in [-0.05, 0) is 37.6 Å². The minimum Gasteiger partial charge on any atom is -0.300 e. The molecule has 2 rings (SSSR count). The lowest BCUT2D eigenvalue weighted by Gasteiger charge is -2.35. The number of hydrogen-bond donors (Lipinski definition) is 0. The Labute approximate surface area is 69.8 Å². The van der Waals surface area contributed by atoms with Crippen LogP contribution in [0.3, 0.4) is 0 Å². The van der Waals surface area contributed by atoms with Gasteiger partial charge in [0.15, 0.2) is 0 Å². The maximum Gasteiger partial charge on any atom is 0.0122 e. The first kappa shape index (κ1) is 7.60. The summed E-state index contributed by atoms with van der Waals surface area (Å²) < 4.78 is 0. The van der Waals surface area contributed by atoms with E-state index in [1.165, 1.54) is 32.4 Å². The van der Waals surface area contributed by atoms with Crippen molar-refractivity contribution < 1.29 is 0 Å². The summed E-state index contributed by atoms with van der Waals surface area (Å²) in [4.78, 5) is 2.71. The van der Waals surface area contributed by atoms with Gasteiger partial charge in [0.1, 0.15) is 0 Å². The average molecular weight is 153 g/mol. The second kappa shape index (κ2) is 2.78. The van der Waals surface area contributed by atoms with Crippen LogP contribution in [-0.2, 0) is 0 Å². The fraction of sp³-hybridized carbons (Fsp3) is 1.00. The van der Waals surface area contributed by atoms with Crippen LogP contribution in [0.5, 0.6) is 0 Å². The van der Waals surface area contributed by atoms with Crippen LogP contribution in [0.25, 0.3) is 0 Å². The lowest BCUT2D eigenvalue weighted by molar-refractivity contribution is 0.139. The van der Waals surface area contributed by atoms with E-state index >= 15 is 0 Å². The van der Waals surface area contributed by atoms with Gasteiger partial charge >= 0.3 is 0 Å². The number of fused-ring (bicyclic) bond motifs is 1. The van der Waals surface area contributed by atoms with Crippen LogP contribution in [0, 0.1) is 11.8 Å². The van der Waals surface area contributed by atoms with Gasteiger partial charge in [-0.15, -0.1) is 0 Å². The molecule has 2 saturated heterocycles. The average Bonchev–Trinajstić information content (AvgIpc) is 2.32. The molecule has 1 nitrogen and oxygen atoms in total. The third kappa shape index (κ3) is 1.31. The van der Waals surface area contributed by atoms with E-state index in [0.717, 1.165) is 17.9 Å². The molecule has 11 heavy (non-hydrogen) atoms. The van der Waals surface area contributed by atoms with Crippen molar-refractivity contribution in [3.63, 3.8) is 0 Å². The highest BCUT2D eigenvalue weighted by Gasteiger charge is 2.34. The van der Waals surface area contributed by atoms with E-state index in [4.69, 9.17) is 0 Å². The molecule has 2 fully saturated rings. The Morgan fingerprint density at radius 1 is 1.09 bits per heavy atom. The fourth-order valence-electron chi connectivity index (χ4n) is 2.73. The molecule has 3 atom stereocenters. The minimum atomic E-state index is 0.950.